The van der Waals surface area contributed by atoms with Crippen molar-refractivity contribution < 1.29 is 29.0 Å². The fourth-order valence-electron chi connectivity index (χ4n) is 3.64. The van der Waals surface area contributed by atoms with Crippen LogP contribution in [-0.4, -0.2) is 55.6 Å². The Kier molecular flexibility index (Phi) is 12.8. The molecule has 0 heterocycles. The minimum atomic E-state index is -0.896. The summed E-state index contributed by atoms with van der Waals surface area (Å²) >= 11 is 0. The summed E-state index contributed by atoms with van der Waals surface area (Å²) in [4.78, 5) is 36.6. The summed E-state index contributed by atoms with van der Waals surface area (Å²) in [6.45, 7) is 0.508. The van der Waals surface area contributed by atoms with Gasteiger partial charge in [-0.2, -0.15) is 0 Å². The Hall–Kier alpha value is -3.81. The number of benzene rings is 2. The number of carbonyl (C=O) groups is 3. The molecule has 0 fully saturated rings. The molecule has 0 aromatic heterocycles. The molecule has 37 heavy (non-hydrogen) atoms. The molecule has 8 heteroatoms. The van der Waals surface area contributed by atoms with Crippen molar-refractivity contribution in [3.05, 3.63) is 59.7 Å². The van der Waals surface area contributed by atoms with Gasteiger partial charge in [0.1, 0.15) is 11.5 Å². The maximum atomic E-state index is 12.3. The van der Waals surface area contributed by atoms with Crippen LogP contribution in [0.4, 0.5) is 5.69 Å². The first-order valence-corrected chi connectivity index (χ1v) is 12.6. The van der Waals surface area contributed by atoms with E-state index in [4.69, 9.17) is 14.6 Å². The molecule has 0 aliphatic carbocycles. The quantitative estimate of drug-likeness (QED) is 0.302. The lowest BCUT2D eigenvalue weighted by Crippen LogP contribution is -2.21. The second-order valence-electron chi connectivity index (χ2n) is 8.89. The summed E-state index contributed by atoms with van der Waals surface area (Å²) in [5.41, 5.74) is 2.36. The second-order valence-corrected chi connectivity index (χ2v) is 8.89. The summed E-state index contributed by atoms with van der Waals surface area (Å²) in [6, 6.07) is 13.1. The number of allylic oxidation sites excluding steroid dienone is 1. The predicted octanol–water partition coefficient (Wildman–Crippen LogP) is 5.17. The number of rotatable bonds is 16. The van der Waals surface area contributed by atoms with E-state index in [1.807, 2.05) is 24.3 Å². The maximum absolute atomic E-state index is 12.3. The molecule has 2 amide bonds. The number of carboxylic acids is 1. The topological polar surface area (TPSA) is 105 Å². The molecule has 2 N–H and O–H groups in total. The van der Waals surface area contributed by atoms with Crippen LogP contribution in [0.2, 0.25) is 0 Å². The standard InChI is InChI=1S/C29H38N2O6/c1-31(2)28(33)15-10-14-27(32)30-24-17-18-26(23(21-24)16-19-29(34)35)37-20-9-5-4-6-11-22-12-7-8-13-25(22)36-3/h6-8,11-13,17-18,21H,4-5,9-10,14-16,19-20H2,1-3H3,(H,30,32)(H,34,35). The van der Waals surface area contributed by atoms with Crippen molar-refractivity contribution in [3.8, 4) is 11.5 Å². The molecule has 200 valence electrons. The van der Waals surface area contributed by atoms with Gasteiger partial charge in [-0.1, -0.05) is 30.4 Å². The van der Waals surface area contributed by atoms with Crippen LogP contribution in [0.5, 0.6) is 11.5 Å². The monoisotopic (exact) mass is 510 g/mol. The van der Waals surface area contributed by atoms with Gasteiger partial charge < -0.3 is 24.8 Å². The van der Waals surface area contributed by atoms with E-state index in [-0.39, 0.29) is 24.7 Å². The number of ether oxygens (including phenoxy) is 2. The Morgan fingerprint density at radius 3 is 2.49 bits per heavy atom. The molecule has 8 nitrogen and oxygen atoms in total. The predicted molar refractivity (Wildman–Crippen MR) is 145 cm³/mol. The minimum Gasteiger partial charge on any atom is -0.496 e. The van der Waals surface area contributed by atoms with Crippen molar-refractivity contribution >= 4 is 29.5 Å². The van der Waals surface area contributed by atoms with Crippen LogP contribution in [0.15, 0.2) is 48.5 Å². The SMILES string of the molecule is COc1ccccc1C=CCCCCOc1ccc(NC(=O)CCCC(=O)N(C)C)cc1CCC(=O)O. The molecule has 2 rings (SSSR count). The third kappa shape index (κ3) is 11.2. The van der Waals surface area contributed by atoms with Gasteiger partial charge in [0.2, 0.25) is 11.8 Å². The van der Waals surface area contributed by atoms with Crippen LogP contribution in [0.1, 0.15) is 56.1 Å². The number of unbranched alkanes of at least 4 members (excludes halogenated alkanes) is 2. The number of amides is 2. The summed E-state index contributed by atoms with van der Waals surface area (Å²) < 4.78 is 11.3. The number of anilines is 1. The Labute approximate surface area is 219 Å². The van der Waals surface area contributed by atoms with E-state index >= 15 is 0 Å². The first-order valence-electron chi connectivity index (χ1n) is 12.6. The Bertz CT molecular complexity index is 1060. The third-order valence-corrected chi connectivity index (χ3v) is 5.70. The number of hydrogen-bond acceptors (Lipinski definition) is 5. The van der Waals surface area contributed by atoms with Crippen LogP contribution < -0.4 is 14.8 Å². The Balaban J connectivity index is 1.85. The normalized spacial score (nSPS) is 10.8. The van der Waals surface area contributed by atoms with Gasteiger partial charge >= 0.3 is 5.97 Å². The van der Waals surface area contributed by atoms with Crippen molar-refractivity contribution in [1.29, 1.82) is 0 Å². The number of carbonyl (C=O) groups excluding carboxylic acids is 2. The highest BCUT2D eigenvalue weighted by Gasteiger charge is 2.11. The molecule has 0 saturated carbocycles. The number of hydrogen-bond donors (Lipinski definition) is 2. The van der Waals surface area contributed by atoms with E-state index in [2.05, 4.69) is 17.5 Å². The lowest BCUT2D eigenvalue weighted by atomic mass is 10.1. The van der Waals surface area contributed by atoms with Gasteiger partial charge in [0.05, 0.1) is 13.7 Å². The zero-order valence-corrected chi connectivity index (χ0v) is 22.0. The van der Waals surface area contributed by atoms with Crippen LogP contribution in [0.3, 0.4) is 0 Å². The largest absolute Gasteiger partial charge is 0.496 e. The molecule has 2 aromatic carbocycles. The zero-order valence-electron chi connectivity index (χ0n) is 22.0. The second kappa shape index (κ2) is 16.0. The smallest absolute Gasteiger partial charge is 0.303 e. The molecule has 0 aliphatic rings. The highest BCUT2D eigenvalue weighted by Crippen LogP contribution is 2.25. The molecule has 0 radical (unpaired) electrons. The molecule has 0 spiro atoms. The number of carboxylic acid groups (broad SMARTS) is 1. The van der Waals surface area contributed by atoms with Crippen molar-refractivity contribution in [2.75, 3.05) is 33.1 Å². The van der Waals surface area contributed by atoms with E-state index in [1.54, 1.807) is 39.4 Å². The average molecular weight is 511 g/mol. The van der Waals surface area contributed by atoms with Crippen molar-refractivity contribution in [3.63, 3.8) is 0 Å². The molecule has 0 aliphatic heterocycles. The molecule has 0 atom stereocenters. The van der Waals surface area contributed by atoms with Gasteiger partial charge in [0.15, 0.2) is 0 Å². The number of aryl methyl sites for hydroxylation is 1. The number of methoxy groups -OCH3 is 1. The van der Waals surface area contributed by atoms with Crippen LogP contribution in [-0.2, 0) is 20.8 Å². The number of para-hydroxylation sites is 1. The molecule has 2 aromatic rings. The molecular formula is C29H38N2O6. The zero-order chi connectivity index (χ0) is 27.0. The van der Waals surface area contributed by atoms with E-state index in [0.29, 0.717) is 37.3 Å². The third-order valence-electron chi connectivity index (χ3n) is 5.70. The average Bonchev–Trinajstić information content (AvgIpc) is 2.87. The number of nitrogens with one attached hydrogen (secondary N) is 1. The number of aliphatic carboxylic acids is 1. The van der Waals surface area contributed by atoms with Crippen molar-refractivity contribution in [2.45, 2.75) is 51.4 Å². The van der Waals surface area contributed by atoms with Crippen LogP contribution in [0.25, 0.3) is 6.08 Å². The van der Waals surface area contributed by atoms with Gasteiger partial charge in [-0.25, -0.2) is 0 Å². The molecule has 0 saturated heterocycles. The highest BCUT2D eigenvalue weighted by atomic mass is 16.5. The molecule has 0 unspecified atom stereocenters. The fourth-order valence-corrected chi connectivity index (χ4v) is 3.64. The van der Waals surface area contributed by atoms with E-state index in [9.17, 15) is 14.4 Å². The minimum absolute atomic E-state index is 0.0160. The van der Waals surface area contributed by atoms with Crippen LogP contribution in [0, 0.1) is 0 Å². The van der Waals surface area contributed by atoms with Gasteiger partial charge in [0.25, 0.3) is 0 Å². The maximum Gasteiger partial charge on any atom is 0.303 e. The first-order chi connectivity index (χ1) is 17.8. The summed E-state index contributed by atoms with van der Waals surface area (Å²) in [5, 5.41) is 11.9. The van der Waals surface area contributed by atoms with Crippen LogP contribution >= 0.6 is 0 Å². The van der Waals surface area contributed by atoms with Gasteiger partial charge in [-0.15, -0.1) is 0 Å². The Morgan fingerprint density at radius 2 is 1.76 bits per heavy atom. The molecular weight excluding hydrogens is 472 g/mol. The summed E-state index contributed by atoms with van der Waals surface area (Å²) in [7, 11) is 5.03. The summed E-state index contributed by atoms with van der Waals surface area (Å²) in [5.74, 6) is 0.367. The highest BCUT2D eigenvalue weighted by molar-refractivity contribution is 5.91. The van der Waals surface area contributed by atoms with Gasteiger partial charge in [0, 0.05) is 44.6 Å². The lowest BCUT2D eigenvalue weighted by molar-refractivity contribution is -0.137. The molecule has 0 bridgehead atoms. The lowest BCUT2D eigenvalue weighted by Gasteiger charge is -2.14. The van der Waals surface area contributed by atoms with Crippen molar-refractivity contribution in [2.24, 2.45) is 0 Å². The van der Waals surface area contributed by atoms with Gasteiger partial charge in [-0.05, 0) is 61.9 Å². The Morgan fingerprint density at radius 1 is 0.973 bits per heavy atom. The fraction of sp³-hybridized carbons (Fsp3) is 0.414. The van der Waals surface area contributed by atoms with Crippen molar-refractivity contribution in [1.82, 2.24) is 4.90 Å². The first kappa shape index (κ1) is 29.4. The summed E-state index contributed by atoms with van der Waals surface area (Å²) in [6.07, 6.45) is 8.13. The van der Waals surface area contributed by atoms with E-state index in [0.717, 1.165) is 36.1 Å². The van der Waals surface area contributed by atoms with Gasteiger partial charge in [-0.3, -0.25) is 14.4 Å². The van der Waals surface area contributed by atoms with E-state index < -0.39 is 5.97 Å². The number of nitrogens with zero attached hydrogens (tertiary/aromatic N) is 1. The van der Waals surface area contributed by atoms with E-state index in [1.165, 1.54) is 4.90 Å².